The van der Waals surface area contributed by atoms with E-state index in [-0.39, 0.29) is 48.9 Å². The number of para-hydroxylation sites is 2. The van der Waals surface area contributed by atoms with Crippen molar-refractivity contribution in [1.82, 2.24) is 0 Å². The van der Waals surface area contributed by atoms with Gasteiger partial charge < -0.3 is 9.79 Å². The molecule has 0 aliphatic heterocycles. The Hall–Kier alpha value is -0.269. The smallest absolute Gasteiger partial charge is 0.558 e. The molecule has 104 valence electrons. The first-order chi connectivity index (χ1) is 9.58. The molecule has 0 N–H and O–H groups in total. The summed E-state index contributed by atoms with van der Waals surface area (Å²) in [4.78, 5) is 20.0. The van der Waals surface area contributed by atoms with Crippen LogP contribution in [0.4, 0.5) is 0 Å². The van der Waals surface area contributed by atoms with Gasteiger partial charge in [-0.15, -0.1) is 0 Å². The van der Waals surface area contributed by atoms with Crippen molar-refractivity contribution < 1.29 is 28.0 Å². The zero-order valence-electron chi connectivity index (χ0n) is 10.8. The summed E-state index contributed by atoms with van der Waals surface area (Å²) in [5.41, 5.74) is 0. The number of hydrogen-bond acceptors (Lipinski definition) is 6. The fourth-order valence-corrected chi connectivity index (χ4v) is 1.72. The van der Waals surface area contributed by atoms with Crippen molar-refractivity contribution >= 4 is 65.4 Å². The molecule has 9 heteroatoms. The third-order valence-electron chi connectivity index (χ3n) is 1.85. The maximum absolute atomic E-state index is 9.98. The van der Waals surface area contributed by atoms with Gasteiger partial charge in [-0.1, -0.05) is 36.4 Å². The molecule has 6 nitrogen and oxygen atoms in total. The normalized spacial score (nSPS) is 10.2. The standard InChI is InChI=1S/2C6H5O3P.Ba/c2*7-10(8)9-6-4-2-1-3-5-6;/h2*1-5H;/q;;+2. The van der Waals surface area contributed by atoms with Crippen LogP contribution in [0.1, 0.15) is 0 Å². The first-order valence-corrected chi connectivity index (χ1v) is 7.52. The second-order valence-electron chi connectivity index (χ2n) is 3.26. The van der Waals surface area contributed by atoms with Crippen LogP contribution in [-0.4, -0.2) is 48.9 Å². The van der Waals surface area contributed by atoms with Crippen molar-refractivity contribution in [3.63, 3.8) is 0 Å². The van der Waals surface area contributed by atoms with Crippen LogP contribution in [0.2, 0.25) is 0 Å². The fraction of sp³-hybridized carbons (Fsp3) is 0. The molecule has 0 spiro atoms. The first kappa shape index (κ1) is 20.7. The van der Waals surface area contributed by atoms with Gasteiger partial charge in [-0.2, -0.15) is 0 Å². The topological polar surface area (TPSA) is 98.7 Å². The van der Waals surface area contributed by atoms with Gasteiger partial charge in [0.1, 0.15) is 0 Å². The molecular formula is C12H10BaO6P2+2. The molecule has 0 aromatic heterocycles. The third-order valence-corrected chi connectivity index (χ3v) is 2.57. The summed E-state index contributed by atoms with van der Waals surface area (Å²) in [6.45, 7) is 0. The number of rotatable bonds is 4. The predicted molar refractivity (Wildman–Crippen MR) is 75.1 cm³/mol. The minimum absolute atomic E-state index is 0. The fourth-order valence-electron chi connectivity index (χ4n) is 1.13. The molecule has 0 amide bonds. The largest absolute Gasteiger partial charge is 2.00 e. The van der Waals surface area contributed by atoms with E-state index in [2.05, 4.69) is 9.05 Å². The molecule has 0 bridgehead atoms. The summed E-state index contributed by atoms with van der Waals surface area (Å²) in [6.07, 6.45) is 0. The van der Waals surface area contributed by atoms with Gasteiger partial charge in [-0.3, -0.25) is 9.05 Å². The summed E-state index contributed by atoms with van der Waals surface area (Å²) in [7, 11) is -5.55. The Labute approximate surface area is 164 Å². The van der Waals surface area contributed by atoms with Gasteiger partial charge in [0.15, 0.2) is 11.5 Å². The average molecular weight is 449 g/mol. The van der Waals surface area contributed by atoms with E-state index < -0.39 is 16.5 Å². The summed E-state index contributed by atoms with van der Waals surface area (Å²) >= 11 is 0. The SMILES string of the molecule is O=[P+]([O-])Oc1ccccc1.O=[P+]([O-])Oc1ccccc1.[Ba+2]. The molecule has 0 saturated heterocycles. The molecule has 0 aliphatic rings. The van der Waals surface area contributed by atoms with Crippen LogP contribution in [0.25, 0.3) is 0 Å². The van der Waals surface area contributed by atoms with E-state index in [0.717, 1.165) is 0 Å². The van der Waals surface area contributed by atoms with Gasteiger partial charge in [0, 0.05) is 0 Å². The molecule has 0 fully saturated rings. The van der Waals surface area contributed by atoms with Crippen molar-refractivity contribution in [2.45, 2.75) is 0 Å². The molecule has 2 aromatic rings. The Balaban J connectivity index is 0.000000364. The molecule has 0 aliphatic carbocycles. The zero-order valence-corrected chi connectivity index (χ0v) is 17.1. The van der Waals surface area contributed by atoms with Crippen LogP contribution in [0, 0.1) is 0 Å². The van der Waals surface area contributed by atoms with Crippen molar-refractivity contribution in [3.8, 4) is 11.5 Å². The Kier molecular flexibility index (Phi) is 12.1. The Morgan fingerprint density at radius 2 is 0.952 bits per heavy atom. The minimum atomic E-state index is -2.78. The van der Waals surface area contributed by atoms with E-state index in [1.165, 1.54) is 0 Å². The van der Waals surface area contributed by atoms with E-state index >= 15 is 0 Å². The summed E-state index contributed by atoms with van der Waals surface area (Å²) in [5, 5.41) is 0. The first-order valence-electron chi connectivity index (χ1n) is 5.33. The van der Waals surface area contributed by atoms with Crippen LogP contribution in [0.5, 0.6) is 11.5 Å². The molecule has 0 radical (unpaired) electrons. The molecule has 2 aromatic carbocycles. The van der Waals surface area contributed by atoms with Gasteiger partial charge in [0.05, 0.1) is 0 Å². The summed E-state index contributed by atoms with van der Waals surface area (Å²) in [6, 6.07) is 16.7. The Morgan fingerprint density at radius 3 is 1.19 bits per heavy atom. The van der Waals surface area contributed by atoms with Crippen molar-refractivity contribution in [2.24, 2.45) is 0 Å². The Morgan fingerprint density at radius 1 is 0.667 bits per heavy atom. The molecule has 2 unspecified atom stereocenters. The van der Waals surface area contributed by atoms with Gasteiger partial charge >= 0.3 is 65.4 Å². The van der Waals surface area contributed by atoms with Crippen LogP contribution >= 0.6 is 16.5 Å². The van der Waals surface area contributed by atoms with Crippen molar-refractivity contribution in [1.29, 1.82) is 0 Å². The van der Waals surface area contributed by atoms with E-state index in [1.54, 1.807) is 60.7 Å². The van der Waals surface area contributed by atoms with Crippen LogP contribution in [0.3, 0.4) is 0 Å². The van der Waals surface area contributed by atoms with Crippen LogP contribution in [0.15, 0.2) is 60.7 Å². The van der Waals surface area contributed by atoms with E-state index in [9.17, 15) is 18.9 Å². The number of hydrogen-bond donors (Lipinski definition) is 0. The quantitative estimate of drug-likeness (QED) is 0.521. The van der Waals surface area contributed by atoms with Gasteiger partial charge in [-0.25, -0.2) is 0 Å². The maximum Gasteiger partial charge on any atom is 2.00 e. The third kappa shape index (κ3) is 11.0. The Bertz CT molecular complexity index is 501. The molecule has 0 heterocycles. The minimum Gasteiger partial charge on any atom is -0.558 e. The van der Waals surface area contributed by atoms with Gasteiger partial charge in [0.25, 0.3) is 0 Å². The zero-order chi connectivity index (χ0) is 14.8. The van der Waals surface area contributed by atoms with Crippen LogP contribution in [-0.2, 0) is 9.13 Å². The summed E-state index contributed by atoms with van der Waals surface area (Å²) < 4.78 is 28.7. The van der Waals surface area contributed by atoms with E-state index in [1.807, 2.05) is 0 Å². The molecule has 2 rings (SSSR count). The number of benzene rings is 2. The predicted octanol–water partition coefficient (Wildman–Crippen LogP) is 1.79. The summed E-state index contributed by atoms with van der Waals surface area (Å²) in [5.74, 6) is 0.692. The van der Waals surface area contributed by atoms with Gasteiger partial charge in [-0.05, 0) is 33.4 Å². The van der Waals surface area contributed by atoms with Crippen molar-refractivity contribution in [3.05, 3.63) is 60.7 Å². The second kappa shape index (κ2) is 12.3. The van der Waals surface area contributed by atoms with Gasteiger partial charge in [0.2, 0.25) is 0 Å². The molecule has 0 saturated carbocycles. The maximum atomic E-state index is 9.98. The monoisotopic (exact) mass is 450 g/mol. The van der Waals surface area contributed by atoms with Crippen molar-refractivity contribution in [2.75, 3.05) is 0 Å². The van der Waals surface area contributed by atoms with Crippen LogP contribution < -0.4 is 18.8 Å². The average Bonchev–Trinajstić information content (AvgIpc) is 2.40. The van der Waals surface area contributed by atoms with E-state index in [4.69, 9.17) is 0 Å². The molecule has 2 atom stereocenters. The molecular weight excluding hydrogens is 439 g/mol. The van der Waals surface area contributed by atoms with E-state index in [0.29, 0.717) is 11.5 Å². The molecule has 21 heavy (non-hydrogen) atoms. The second-order valence-corrected chi connectivity index (χ2v) is 4.52.